The molecular formula is C12H23NO3. The number of methoxy groups -OCH3 is 1. The van der Waals surface area contributed by atoms with E-state index in [2.05, 4.69) is 9.64 Å². The van der Waals surface area contributed by atoms with Crippen molar-refractivity contribution in [2.24, 2.45) is 5.92 Å². The lowest BCUT2D eigenvalue weighted by molar-refractivity contribution is -0.140. The summed E-state index contributed by atoms with van der Waals surface area (Å²) in [7, 11) is 1.42. The summed E-state index contributed by atoms with van der Waals surface area (Å²) >= 11 is 0. The molecule has 1 N–H and O–H groups in total. The highest BCUT2D eigenvalue weighted by Gasteiger charge is 2.22. The highest BCUT2D eigenvalue weighted by Crippen LogP contribution is 2.19. The Morgan fingerprint density at radius 2 is 2.38 bits per heavy atom. The van der Waals surface area contributed by atoms with Crippen LogP contribution in [0.25, 0.3) is 0 Å². The molecule has 0 spiro atoms. The van der Waals surface area contributed by atoms with Gasteiger partial charge in [-0.05, 0) is 45.2 Å². The van der Waals surface area contributed by atoms with Gasteiger partial charge in [-0.2, -0.15) is 0 Å². The zero-order valence-electron chi connectivity index (χ0n) is 10.3. The minimum absolute atomic E-state index is 0.135. The standard InChI is InChI=1S/C12H23NO3/c1-10(14)11-5-3-7-13(9-11)8-4-6-12(15)16-2/h10-11,14H,3-9H2,1-2H3. The Bertz CT molecular complexity index is 218. The molecule has 1 saturated heterocycles. The van der Waals surface area contributed by atoms with Crippen LogP contribution in [0, 0.1) is 5.92 Å². The molecule has 1 rings (SSSR count). The molecule has 4 heteroatoms. The van der Waals surface area contributed by atoms with Crippen molar-refractivity contribution >= 4 is 5.97 Å². The third kappa shape index (κ3) is 4.49. The van der Waals surface area contributed by atoms with Crippen molar-refractivity contribution in [3.63, 3.8) is 0 Å². The number of carbonyl (C=O) groups is 1. The fourth-order valence-electron chi connectivity index (χ4n) is 2.24. The Hall–Kier alpha value is -0.610. The maximum atomic E-state index is 10.9. The van der Waals surface area contributed by atoms with Crippen molar-refractivity contribution in [2.75, 3.05) is 26.7 Å². The van der Waals surface area contributed by atoms with Gasteiger partial charge in [0.15, 0.2) is 0 Å². The number of carbonyl (C=O) groups excluding carboxylic acids is 1. The van der Waals surface area contributed by atoms with Crippen molar-refractivity contribution in [2.45, 2.75) is 38.7 Å². The van der Waals surface area contributed by atoms with Crippen LogP contribution in [0.2, 0.25) is 0 Å². The maximum absolute atomic E-state index is 10.9. The van der Waals surface area contributed by atoms with Gasteiger partial charge >= 0.3 is 5.97 Å². The first-order valence-corrected chi connectivity index (χ1v) is 6.10. The molecule has 94 valence electrons. The minimum atomic E-state index is -0.219. The first-order chi connectivity index (χ1) is 7.63. The quantitative estimate of drug-likeness (QED) is 0.715. The molecule has 4 nitrogen and oxygen atoms in total. The summed E-state index contributed by atoms with van der Waals surface area (Å²) in [5, 5.41) is 9.55. The molecule has 0 bridgehead atoms. The van der Waals surface area contributed by atoms with Crippen molar-refractivity contribution in [3.8, 4) is 0 Å². The van der Waals surface area contributed by atoms with Crippen LogP contribution in [-0.2, 0) is 9.53 Å². The number of rotatable bonds is 5. The van der Waals surface area contributed by atoms with E-state index in [1.54, 1.807) is 0 Å². The van der Waals surface area contributed by atoms with Gasteiger partial charge in [0.25, 0.3) is 0 Å². The average molecular weight is 229 g/mol. The number of hydrogen-bond donors (Lipinski definition) is 1. The van der Waals surface area contributed by atoms with E-state index >= 15 is 0 Å². The molecule has 0 aromatic carbocycles. The van der Waals surface area contributed by atoms with Crippen LogP contribution in [0.4, 0.5) is 0 Å². The van der Waals surface area contributed by atoms with E-state index in [1.807, 2.05) is 6.92 Å². The zero-order valence-corrected chi connectivity index (χ0v) is 10.3. The first-order valence-electron chi connectivity index (χ1n) is 6.10. The Labute approximate surface area is 97.6 Å². The summed E-state index contributed by atoms with van der Waals surface area (Å²) in [6.45, 7) is 4.84. The van der Waals surface area contributed by atoms with Gasteiger partial charge in [0.1, 0.15) is 0 Å². The Balaban J connectivity index is 2.19. The van der Waals surface area contributed by atoms with Gasteiger partial charge in [0, 0.05) is 13.0 Å². The van der Waals surface area contributed by atoms with E-state index in [0.29, 0.717) is 12.3 Å². The summed E-state index contributed by atoms with van der Waals surface area (Å²) in [6, 6.07) is 0. The van der Waals surface area contributed by atoms with Crippen molar-refractivity contribution < 1.29 is 14.6 Å². The molecule has 0 aliphatic carbocycles. The van der Waals surface area contributed by atoms with Crippen LogP contribution < -0.4 is 0 Å². The van der Waals surface area contributed by atoms with Crippen LogP contribution in [0.5, 0.6) is 0 Å². The fraction of sp³-hybridized carbons (Fsp3) is 0.917. The Kier molecular flexibility index (Phi) is 5.77. The SMILES string of the molecule is COC(=O)CCCN1CCCC(C(C)O)C1. The number of ether oxygens (including phenoxy) is 1. The van der Waals surface area contributed by atoms with Crippen molar-refractivity contribution in [1.82, 2.24) is 4.90 Å². The Morgan fingerprint density at radius 1 is 1.62 bits per heavy atom. The molecule has 16 heavy (non-hydrogen) atoms. The van der Waals surface area contributed by atoms with Crippen LogP contribution in [0.3, 0.4) is 0 Å². The topological polar surface area (TPSA) is 49.8 Å². The van der Waals surface area contributed by atoms with E-state index in [1.165, 1.54) is 7.11 Å². The zero-order chi connectivity index (χ0) is 12.0. The van der Waals surface area contributed by atoms with E-state index < -0.39 is 0 Å². The number of piperidine rings is 1. The Morgan fingerprint density at radius 3 is 3.00 bits per heavy atom. The lowest BCUT2D eigenvalue weighted by Crippen LogP contribution is -2.40. The molecule has 2 unspecified atom stereocenters. The molecule has 1 fully saturated rings. The van der Waals surface area contributed by atoms with E-state index in [0.717, 1.165) is 38.9 Å². The predicted molar refractivity (Wildman–Crippen MR) is 62.1 cm³/mol. The first kappa shape index (κ1) is 13.5. The third-order valence-corrected chi connectivity index (χ3v) is 3.31. The van der Waals surface area contributed by atoms with E-state index in [9.17, 15) is 9.90 Å². The van der Waals surface area contributed by atoms with Crippen LogP contribution in [0.15, 0.2) is 0 Å². The monoisotopic (exact) mass is 229 g/mol. The summed E-state index contributed by atoms with van der Waals surface area (Å²) in [5.41, 5.74) is 0. The van der Waals surface area contributed by atoms with Gasteiger partial charge < -0.3 is 14.7 Å². The molecular weight excluding hydrogens is 206 g/mol. The number of aliphatic hydroxyl groups excluding tert-OH is 1. The number of nitrogens with zero attached hydrogens (tertiary/aromatic N) is 1. The second-order valence-electron chi connectivity index (χ2n) is 4.62. The largest absolute Gasteiger partial charge is 0.469 e. The van der Waals surface area contributed by atoms with Crippen molar-refractivity contribution in [3.05, 3.63) is 0 Å². The van der Waals surface area contributed by atoms with E-state index in [4.69, 9.17) is 0 Å². The molecule has 0 saturated carbocycles. The third-order valence-electron chi connectivity index (χ3n) is 3.31. The number of aliphatic hydroxyl groups is 1. The summed E-state index contributed by atoms with van der Waals surface area (Å²) in [6.07, 6.45) is 3.38. The highest BCUT2D eigenvalue weighted by atomic mass is 16.5. The second-order valence-corrected chi connectivity index (χ2v) is 4.62. The normalized spacial score (nSPS) is 24.1. The average Bonchev–Trinajstić information content (AvgIpc) is 2.29. The smallest absolute Gasteiger partial charge is 0.305 e. The lowest BCUT2D eigenvalue weighted by atomic mass is 9.93. The van der Waals surface area contributed by atoms with Gasteiger partial charge in [-0.25, -0.2) is 0 Å². The van der Waals surface area contributed by atoms with E-state index in [-0.39, 0.29) is 12.1 Å². The van der Waals surface area contributed by atoms with Gasteiger partial charge in [0.2, 0.25) is 0 Å². The molecule has 0 amide bonds. The fourth-order valence-corrected chi connectivity index (χ4v) is 2.24. The lowest BCUT2D eigenvalue weighted by Gasteiger charge is -2.34. The van der Waals surface area contributed by atoms with Gasteiger partial charge in [-0.1, -0.05) is 0 Å². The number of esters is 1. The molecule has 0 aromatic rings. The molecule has 1 aliphatic heterocycles. The summed E-state index contributed by atoms with van der Waals surface area (Å²) in [4.78, 5) is 13.3. The number of hydrogen-bond acceptors (Lipinski definition) is 4. The molecule has 2 atom stereocenters. The van der Waals surface area contributed by atoms with Crippen LogP contribution in [-0.4, -0.2) is 48.8 Å². The molecule has 0 aromatic heterocycles. The maximum Gasteiger partial charge on any atom is 0.305 e. The minimum Gasteiger partial charge on any atom is -0.469 e. The highest BCUT2D eigenvalue weighted by molar-refractivity contribution is 5.69. The molecule has 0 radical (unpaired) electrons. The molecule has 1 heterocycles. The van der Waals surface area contributed by atoms with Crippen molar-refractivity contribution in [1.29, 1.82) is 0 Å². The second kappa shape index (κ2) is 6.86. The van der Waals surface area contributed by atoms with Gasteiger partial charge in [0.05, 0.1) is 13.2 Å². The van der Waals surface area contributed by atoms with Crippen LogP contribution in [0.1, 0.15) is 32.6 Å². The molecule has 1 aliphatic rings. The summed E-state index contributed by atoms with van der Waals surface area (Å²) in [5.74, 6) is 0.260. The van der Waals surface area contributed by atoms with Gasteiger partial charge in [-0.3, -0.25) is 4.79 Å². The predicted octanol–water partition coefficient (Wildman–Crippen LogP) is 1.03. The van der Waals surface area contributed by atoms with Gasteiger partial charge in [-0.15, -0.1) is 0 Å². The number of likely N-dealkylation sites (tertiary alicyclic amines) is 1. The summed E-state index contributed by atoms with van der Waals surface area (Å²) < 4.78 is 4.60. The van der Waals surface area contributed by atoms with Crippen LogP contribution >= 0.6 is 0 Å².